The van der Waals surface area contributed by atoms with Gasteiger partial charge in [-0.05, 0) is 19.1 Å². The van der Waals surface area contributed by atoms with Crippen LogP contribution in [0.15, 0.2) is 18.2 Å². The molecule has 0 spiro atoms. The first-order valence-corrected chi connectivity index (χ1v) is 4.49. The number of aryl methyl sites for hydroxylation is 1. The van der Waals surface area contributed by atoms with E-state index in [4.69, 9.17) is 10.5 Å². The second kappa shape index (κ2) is 3.31. The van der Waals surface area contributed by atoms with Gasteiger partial charge < -0.3 is 10.5 Å². The number of methoxy groups -OCH3 is 1. The maximum Gasteiger partial charge on any atom is 0.199 e. The van der Waals surface area contributed by atoms with Crippen LogP contribution in [0.5, 0.6) is 5.88 Å². The van der Waals surface area contributed by atoms with Crippen LogP contribution in [-0.4, -0.2) is 16.5 Å². The Balaban J connectivity index is 2.79. The number of ether oxygens (including phenoxy) is 1. The molecule has 0 saturated heterocycles. The third-order valence-electron chi connectivity index (χ3n) is 2.34. The summed E-state index contributed by atoms with van der Waals surface area (Å²) in [6.45, 7) is 2.45. The fraction of sp³-hybridized carbons (Fsp3) is 0.300. The highest BCUT2D eigenvalue weighted by Crippen LogP contribution is 2.18. The number of fused-ring (bicyclic) bond motifs is 1. The SMILES string of the molecule is COc1cccc2nc(CN)c(C)n12. The molecule has 0 aromatic carbocycles. The Labute approximate surface area is 82.3 Å². The van der Waals surface area contributed by atoms with Crippen molar-refractivity contribution in [2.75, 3.05) is 7.11 Å². The van der Waals surface area contributed by atoms with Crippen molar-refractivity contribution < 1.29 is 4.74 Å². The highest BCUT2D eigenvalue weighted by molar-refractivity contribution is 5.46. The summed E-state index contributed by atoms with van der Waals surface area (Å²) in [7, 11) is 1.65. The minimum atomic E-state index is 0.455. The number of imidazole rings is 1. The normalized spacial score (nSPS) is 10.8. The highest BCUT2D eigenvalue weighted by Gasteiger charge is 2.09. The average Bonchev–Trinajstić information content (AvgIpc) is 2.55. The number of aromatic nitrogens is 2. The van der Waals surface area contributed by atoms with Crippen molar-refractivity contribution in [2.45, 2.75) is 13.5 Å². The molecule has 0 radical (unpaired) electrons. The molecule has 4 nitrogen and oxygen atoms in total. The van der Waals surface area contributed by atoms with Gasteiger partial charge in [0.05, 0.1) is 12.8 Å². The van der Waals surface area contributed by atoms with Crippen LogP contribution in [0, 0.1) is 6.92 Å². The van der Waals surface area contributed by atoms with Crippen molar-refractivity contribution in [3.8, 4) is 5.88 Å². The summed E-state index contributed by atoms with van der Waals surface area (Å²) < 4.78 is 7.21. The van der Waals surface area contributed by atoms with Crippen LogP contribution in [0.25, 0.3) is 5.65 Å². The summed E-state index contributed by atoms with van der Waals surface area (Å²) in [5.41, 5.74) is 8.42. The summed E-state index contributed by atoms with van der Waals surface area (Å²) in [5, 5.41) is 0. The van der Waals surface area contributed by atoms with Crippen LogP contribution in [0.4, 0.5) is 0 Å². The fourth-order valence-electron chi connectivity index (χ4n) is 1.60. The number of hydrogen-bond acceptors (Lipinski definition) is 3. The second-order valence-electron chi connectivity index (χ2n) is 3.11. The molecule has 0 aliphatic carbocycles. The van der Waals surface area contributed by atoms with Gasteiger partial charge in [-0.3, -0.25) is 4.40 Å². The van der Waals surface area contributed by atoms with E-state index in [2.05, 4.69) is 4.98 Å². The van der Waals surface area contributed by atoms with Gasteiger partial charge in [0.1, 0.15) is 5.65 Å². The Morgan fingerprint density at radius 1 is 1.50 bits per heavy atom. The van der Waals surface area contributed by atoms with E-state index in [9.17, 15) is 0 Å². The molecule has 2 heterocycles. The Morgan fingerprint density at radius 2 is 2.29 bits per heavy atom. The number of rotatable bonds is 2. The van der Waals surface area contributed by atoms with E-state index in [0.717, 1.165) is 22.9 Å². The molecule has 4 heteroatoms. The minimum Gasteiger partial charge on any atom is -0.482 e. The van der Waals surface area contributed by atoms with E-state index in [-0.39, 0.29) is 0 Å². The predicted molar refractivity (Wildman–Crippen MR) is 54.4 cm³/mol. The molecule has 0 atom stereocenters. The zero-order valence-corrected chi connectivity index (χ0v) is 8.32. The molecule has 2 N–H and O–H groups in total. The van der Waals surface area contributed by atoms with Crippen molar-refractivity contribution in [3.63, 3.8) is 0 Å². The second-order valence-corrected chi connectivity index (χ2v) is 3.11. The number of nitrogens with zero attached hydrogens (tertiary/aromatic N) is 2. The van der Waals surface area contributed by atoms with E-state index in [1.165, 1.54) is 0 Å². The smallest absolute Gasteiger partial charge is 0.199 e. The van der Waals surface area contributed by atoms with Crippen molar-refractivity contribution in [1.82, 2.24) is 9.38 Å². The van der Waals surface area contributed by atoms with Crippen LogP contribution >= 0.6 is 0 Å². The van der Waals surface area contributed by atoms with E-state index in [1.54, 1.807) is 7.11 Å². The maximum atomic E-state index is 5.59. The van der Waals surface area contributed by atoms with Crippen LogP contribution in [0.2, 0.25) is 0 Å². The van der Waals surface area contributed by atoms with Gasteiger partial charge in [0.25, 0.3) is 0 Å². The topological polar surface area (TPSA) is 52.5 Å². The van der Waals surface area contributed by atoms with E-state index in [0.29, 0.717) is 6.54 Å². The van der Waals surface area contributed by atoms with Gasteiger partial charge in [0.2, 0.25) is 0 Å². The van der Waals surface area contributed by atoms with E-state index in [1.807, 2.05) is 29.5 Å². The molecule has 0 unspecified atom stereocenters. The summed E-state index contributed by atoms with van der Waals surface area (Å²) in [4.78, 5) is 4.40. The van der Waals surface area contributed by atoms with Crippen LogP contribution < -0.4 is 10.5 Å². The molecular weight excluding hydrogens is 178 g/mol. The van der Waals surface area contributed by atoms with Crippen molar-refractivity contribution >= 4 is 5.65 Å². The molecule has 2 rings (SSSR count). The Bertz CT molecular complexity index is 462. The van der Waals surface area contributed by atoms with Gasteiger partial charge in [-0.2, -0.15) is 0 Å². The summed E-state index contributed by atoms with van der Waals surface area (Å²) >= 11 is 0. The Morgan fingerprint density at radius 3 is 2.93 bits per heavy atom. The first kappa shape index (κ1) is 9.02. The van der Waals surface area contributed by atoms with Crippen molar-refractivity contribution in [1.29, 1.82) is 0 Å². The average molecular weight is 191 g/mol. The monoisotopic (exact) mass is 191 g/mol. The lowest BCUT2D eigenvalue weighted by Crippen LogP contribution is -2.00. The molecule has 74 valence electrons. The summed E-state index contributed by atoms with van der Waals surface area (Å²) in [6.07, 6.45) is 0. The van der Waals surface area contributed by atoms with Crippen LogP contribution in [0.3, 0.4) is 0 Å². The number of pyridine rings is 1. The molecule has 0 saturated carbocycles. The first-order chi connectivity index (χ1) is 6.77. The highest BCUT2D eigenvalue weighted by atomic mass is 16.5. The van der Waals surface area contributed by atoms with Gasteiger partial charge in [0, 0.05) is 12.2 Å². The summed E-state index contributed by atoms with van der Waals surface area (Å²) in [5.74, 6) is 0.784. The lowest BCUT2D eigenvalue weighted by atomic mass is 10.3. The van der Waals surface area contributed by atoms with Gasteiger partial charge in [-0.15, -0.1) is 0 Å². The third-order valence-corrected chi connectivity index (χ3v) is 2.34. The predicted octanol–water partition coefficient (Wildman–Crippen LogP) is 1.11. The number of nitrogens with two attached hydrogens (primary N) is 1. The largest absolute Gasteiger partial charge is 0.482 e. The molecule has 0 aliphatic heterocycles. The molecule has 0 amide bonds. The van der Waals surface area contributed by atoms with Gasteiger partial charge in [0.15, 0.2) is 5.88 Å². The number of hydrogen-bond donors (Lipinski definition) is 1. The van der Waals surface area contributed by atoms with E-state index < -0.39 is 0 Å². The Kier molecular flexibility index (Phi) is 2.13. The van der Waals surface area contributed by atoms with Crippen LogP contribution in [0.1, 0.15) is 11.4 Å². The van der Waals surface area contributed by atoms with Crippen LogP contribution in [-0.2, 0) is 6.54 Å². The molecule has 14 heavy (non-hydrogen) atoms. The maximum absolute atomic E-state index is 5.59. The quantitative estimate of drug-likeness (QED) is 0.773. The Hall–Kier alpha value is -1.55. The first-order valence-electron chi connectivity index (χ1n) is 4.49. The van der Waals surface area contributed by atoms with Crippen molar-refractivity contribution in [3.05, 3.63) is 29.6 Å². The van der Waals surface area contributed by atoms with Gasteiger partial charge in [-0.25, -0.2) is 4.98 Å². The molecular formula is C10H13N3O. The summed E-state index contributed by atoms with van der Waals surface area (Å²) in [6, 6.07) is 5.76. The molecule has 0 bridgehead atoms. The minimum absolute atomic E-state index is 0.455. The zero-order valence-electron chi connectivity index (χ0n) is 8.32. The molecule has 2 aromatic heterocycles. The standard InChI is InChI=1S/C10H13N3O/c1-7-8(6-11)12-9-4-3-5-10(14-2)13(7)9/h3-5H,6,11H2,1-2H3. The molecule has 2 aromatic rings. The van der Waals surface area contributed by atoms with Gasteiger partial charge >= 0.3 is 0 Å². The van der Waals surface area contributed by atoms with Crippen molar-refractivity contribution in [2.24, 2.45) is 5.73 Å². The van der Waals surface area contributed by atoms with Gasteiger partial charge in [-0.1, -0.05) is 6.07 Å². The molecule has 0 fully saturated rings. The van der Waals surface area contributed by atoms with E-state index >= 15 is 0 Å². The fourth-order valence-corrected chi connectivity index (χ4v) is 1.60. The lowest BCUT2D eigenvalue weighted by molar-refractivity contribution is 0.391. The molecule has 0 aliphatic rings. The lowest BCUT2D eigenvalue weighted by Gasteiger charge is -2.04. The zero-order chi connectivity index (χ0) is 10.1. The third kappa shape index (κ3) is 1.15.